The number of hydrogen-bond donors (Lipinski definition) is 0. The molecule has 0 nitrogen and oxygen atoms in total. The van der Waals surface area contributed by atoms with E-state index in [9.17, 15) is 0 Å². The summed E-state index contributed by atoms with van der Waals surface area (Å²) in [4.78, 5) is 0. The van der Waals surface area contributed by atoms with Gasteiger partial charge in [0.25, 0.3) is 0 Å². The van der Waals surface area contributed by atoms with Gasteiger partial charge in [-0.2, -0.15) is 0 Å². The molecular formula is C9H16Cl3V. The van der Waals surface area contributed by atoms with Crippen LogP contribution in [0.3, 0.4) is 0 Å². The van der Waals surface area contributed by atoms with Gasteiger partial charge in [0.05, 0.1) is 0 Å². The van der Waals surface area contributed by atoms with Gasteiger partial charge in [-0.15, -0.1) is 37.2 Å². The van der Waals surface area contributed by atoms with Gasteiger partial charge in [-0.1, -0.05) is 0 Å². The van der Waals surface area contributed by atoms with E-state index in [2.05, 4.69) is 49.5 Å². The van der Waals surface area contributed by atoms with Crippen LogP contribution in [-0.2, 0) is 17.4 Å². The van der Waals surface area contributed by atoms with E-state index >= 15 is 0 Å². The minimum absolute atomic E-state index is 0. The Morgan fingerprint density at radius 1 is 1.31 bits per heavy atom. The molecule has 4 heteroatoms. The Hall–Kier alpha value is 0.934. The summed E-state index contributed by atoms with van der Waals surface area (Å²) in [6, 6.07) is 0. The number of hydrogen-bond acceptors (Lipinski definition) is 0. The SMILES string of the molecule is CCCC1=CC=C[C]1(C)[V].Cl.Cl.Cl. The summed E-state index contributed by atoms with van der Waals surface area (Å²) in [6.45, 7) is 4.47. The molecule has 0 radical (unpaired) electrons. The van der Waals surface area contributed by atoms with Crippen LogP contribution in [0.5, 0.6) is 0 Å². The number of allylic oxidation sites excluding steroid dienone is 4. The molecule has 0 bridgehead atoms. The fraction of sp³-hybridized carbons (Fsp3) is 0.556. The summed E-state index contributed by atoms with van der Waals surface area (Å²) in [5, 5.41) is 0. The van der Waals surface area contributed by atoms with E-state index in [1.54, 1.807) is 5.57 Å². The maximum Gasteiger partial charge on any atom is -0.147 e. The third kappa shape index (κ3) is 5.39. The molecular weight excluding hydrogens is 265 g/mol. The molecule has 0 amide bonds. The van der Waals surface area contributed by atoms with Crippen LogP contribution < -0.4 is 0 Å². The fourth-order valence-corrected chi connectivity index (χ4v) is 1.66. The van der Waals surface area contributed by atoms with Crippen molar-refractivity contribution in [2.24, 2.45) is 0 Å². The molecule has 0 aromatic rings. The van der Waals surface area contributed by atoms with Gasteiger partial charge in [0, 0.05) is 0 Å². The Kier molecular flexibility index (Phi) is 12.4. The second kappa shape index (κ2) is 8.26. The maximum atomic E-state index is 2.74. The molecule has 78 valence electrons. The zero-order valence-electron chi connectivity index (χ0n) is 7.82. The van der Waals surface area contributed by atoms with Crippen LogP contribution >= 0.6 is 37.2 Å². The topological polar surface area (TPSA) is 0 Å². The number of rotatable bonds is 2. The van der Waals surface area contributed by atoms with E-state index in [-0.39, 0.29) is 41.3 Å². The van der Waals surface area contributed by atoms with Crippen molar-refractivity contribution in [1.29, 1.82) is 0 Å². The van der Waals surface area contributed by atoms with E-state index < -0.39 is 0 Å². The van der Waals surface area contributed by atoms with Crippen LogP contribution in [0.4, 0.5) is 0 Å². The molecule has 0 fully saturated rings. The standard InChI is InChI=1S/C9H13.3ClH.V/c1-3-5-9-7-4-6-8(9)2;;;;/h4,6-7H,3,5H2,1-2H3;3*1H;. The zero-order chi connectivity index (χ0) is 7.61. The van der Waals surface area contributed by atoms with Crippen molar-refractivity contribution < 1.29 is 17.4 Å². The first-order valence-electron chi connectivity index (χ1n) is 3.78. The van der Waals surface area contributed by atoms with Gasteiger partial charge < -0.3 is 0 Å². The molecule has 1 aliphatic rings. The summed E-state index contributed by atoms with van der Waals surface area (Å²) in [5.74, 6) is 0. The molecule has 0 N–H and O–H groups in total. The van der Waals surface area contributed by atoms with Gasteiger partial charge in [-0.3, -0.25) is 0 Å². The molecule has 0 saturated heterocycles. The van der Waals surface area contributed by atoms with Crippen LogP contribution in [0, 0.1) is 0 Å². The second-order valence-electron chi connectivity index (χ2n) is 2.95. The predicted octanol–water partition coefficient (Wildman–Crippen LogP) is 4.27. The van der Waals surface area contributed by atoms with Crippen LogP contribution in [0.1, 0.15) is 26.7 Å². The van der Waals surface area contributed by atoms with Crippen LogP contribution in [0.15, 0.2) is 23.8 Å². The van der Waals surface area contributed by atoms with Crippen molar-refractivity contribution >= 4 is 37.2 Å². The molecule has 1 rings (SSSR count). The van der Waals surface area contributed by atoms with Crippen LogP contribution in [0.2, 0.25) is 4.13 Å². The van der Waals surface area contributed by atoms with E-state index in [0.717, 1.165) is 0 Å². The third-order valence-electron chi connectivity index (χ3n) is 1.89. The number of halogens is 3. The van der Waals surface area contributed by atoms with Gasteiger partial charge in [0.1, 0.15) is 0 Å². The normalized spacial score (nSPS) is 23.7. The van der Waals surface area contributed by atoms with Gasteiger partial charge >= 0.3 is 72.0 Å². The fourth-order valence-electron chi connectivity index (χ4n) is 1.23. The van der Waals surface area contributed by atoms with Crippen molar-refractivity contribution in [2.45, 2.75) is 30.8 Å². The second-order valence-corrected chi connectivity index (χ2v) is 4.40. The molecule has 0 aromatic heterocycles. The minimum atomic E-state index is 0. The Balaban J connectivity index is -0.000000333. The molecule has 0 aromatic carbocycles. The van der Waals surface area contributed by atoms with E-state index in [4.69, 9.17) is 0 Å². The summed E-state index contributed by atoms with van der Waals surface area (Å²) in [5.41, 5.74) is 1.55. The van der Waals surface area contributed by atoms with Crippen molar-refractivity contribution in [1.82, 2.24) is 0 Å². The Labute approximate surface area is 109 Å². The monoisotopic (exact) mass is 280 g/mol. The quantitative estimate of drug-likeness (QED) is 0.709. The zero-order valence-corrected chi connectivity index (χ0v) is 11.7. The maximum absolute atomic E-state index is 2.74. The molecule has 0 spiro atoms. The van der Waals surface area contributed by atoms with Crippen LogP contribution in [-0.4, -0.2) is 0 Å². The van der Waals surface area contributed by atoms with Crippen molar-refractivity contribution in [3.63, 3.8) is 0 Å². The smallest absolute Gasteiger partial charge is 0.147 e. The Morgan fingerprint density at radius 2 is 1.85 bits per heavy atom. The third-order valence-corrected chi connectivity index (χ3v) is 2.57. The minimum Gasteiger partial charge on any atom is -0.147 e. The molecule has 0 saturated carbocycles. The average molecular weight is 282 g/mol. The van der Waals surface area contributed by atoms with Gasteiger partial charge in [-0.05, 0) is 0 Å². The van der Waals surface area contributed by atoms with Crippen LogP contribution in [0.25, 0.3) is 0 Å². The summed E-state index contributed by atoms with van der Waals surface area (Å²) < 4.78 is 0.281. The first kappa shape index (κ1) is 19.5. The van der Waals surface area contributed by atoms with Gasteiger partial charge in [0.15, 0.2) is 0 Å². The summed E-state index contributed by atoms with van der Waals surface area (Å²) in [7, 11) is 0. The Bertz CT molecular complexity index is 185. The van der Waals surface area contributed by atoms with E-state index in [0.29, 0.717) is 0 Å². The van der Waals surface area contributed by atoms with E-state index in [1.807, 2.05) is 0 Å². The molecule has 0 aliphatic heterocycles. The predicted molar refractivity (Wildman–Crippen MR) is 62.2 cm³/mol. The van der Waals surface area contributed by atoms with Crippen molar-refractivity contribution in [2.75, 3.05) is 0 Å². The van der Waals surface area contributed by atoms with Gasteiger partial charge in [-0.25, -0.2) is 0 Å². The molecule has 1 atom stereocenters. The van der Waals surface area contributed by atoms with Gasteiger partial charge in [0.2, 0.25) is 0 Å². The largest absolute Gasteiger partial charge is 0.147 e. The molecule has 1 unspecified atom stereocenters. The molecule has 1 aliphatic carbocycles. The molecule has 13 heavy (non-hydrogen) atoms. The van der Waals surface area contributed by atoms with Crippen molar-refractivity contribution in [3.05, 3.63) is 23.8 Å². The summed E-state index contributed by atoms with van der Waals surface area (Å²) >= 11 is 2.74. The average Bonchev–Trinajstić information content (AvgIpc) is 2.13. The van der Waals surface area contributed by atoms with Crippen molar-refractivity contribution in [3.8, 4) is 0 Å². The Morgan fingerprint density at radius 3 is 2.15 bits per heavy atom. The first-order chi connectivity index (χ1) is 4.67. The van der Waals surface area contributed by atoms with E-state index in [1.165, 1.54) is 12.8 Å². The first-order valence-corrected chi connectivity index (χ1v) is 4.48. The molecule has 0 heterocycles. The summed E-state index contributed by atoms with van der Waals surface area (Å²) in [6.07, 6.45) is 9.13.